The maximum Gasteiger partial charge on any atom is 0.225 e. The number of hydrogen-bond acceptors (Lipinski definition) is 3. The van der Waals surface area contributed by atoms with Gasteiger partial charge in [-0.25, -0.2) is 0 Å². The molecule has 0 aliphatic rings. The molecule has 0 fully saturated rings. The Balaban J connectivity index is 0. The van der Waals surface area contributed by atoms with Gasteiger partial charge in [-0.05, 0) is 0 Å². The van der Waals surface area contributed by atoms with Crippen LogP contribution in [0.2, 0.25) is 0 Å². The van der Waals surface area contributed by atoms with Crippen molar-refractivity contribution >= 4 is 18.3 Å². The summed E-state index contributed by atoms with van der Waals surface area (Å²) in [6.07, 6.45) is 0. The maximum absolute atomic E-state index is 11.4. The molecule has 0 heterocycles. The third-order valence-corrected chi connectivity index (χ3v) is 1.75. The number of nitrogens with one attached hydrogen (secondary N) is 2. The molecule has 0 aliphatic carbocycles. The average molecular weight is 239 g/mol. The molecule has 0 rings (SSSR count). The second kappa shape index (κ2) is 8.95. The zero-order valence-corrected chi connectivity index (χ0v) is 10.9. The van der Waals surface area contributed by atoms with Crippen molar-refractivity contribution < 1.29 is 9.53 Å². The second-order valence-electron chi connectivity index (χ2n) is 4.25. The lowest BCUT2D eigenvalue weighted by atomic mass is 9.96. The predicted molar refractivity (Wildman–Crippen MR) is 64.5 cm³/mol. The minimum Gasteiger partial charge on any atom is -0.383 e. The van der Waals surface area contributed by atoms with E-state index in [-0.39, 0.29) is 23.7 Å². The summed E-state index contributed by atoms with van der Waals surface area (Å²) < 4.78 is 4.87. The highest BCUT2D eigenvalue weighted by Crippen LogP contribution is 2.11. The molecule has 0 radical (unpaired) electrons. The fourth-order valence-electron chi connectivity index (χ4n) is 0.829. The summed E-state index contributed by atoms with van der Waals surface area (Å²) in [7, 11) is 1.67. The van der Waals surface area contributed by atoms with Gasteiger partial charge >= 0.3 is 0 Å². The Hall–Kier alpha value is -0.320. The van der Waals surface area contributed by atoms with Crippen molar-refractivity contribution in [3.05, 3.63) is 0 Å². The molecule has 2 N–H and O–H groups in total. The molecule has 0 saturated carbocycles. The van der Waals surface area contributed by atoms with Crippen LogP contribution in [0.1, 0.15) is 20.8 Å². The van der Waals surface area contributed by atoms with Crippen LogP contribution in [0.15, 0.2) is 0 Å². The Labute approximate surface area is 98.6 Å². The fraction of sp³-hybridized carbons (Fsp3) is 0.900. The van der Waals surface area contributed by atoms with E-state index >= 15 is 0 Å². The normalized spacial score (nSPS) is 10.7. The third-order valence-electron chi connectivity index (χ3n) is 1.75. The van der Waals surface area contributed by atoms with E-state index in [1.165, 1.54) is 0 Å². The zero-order chi connectivity index (χ0) is 11.0. The van der Waals surface area contributed by atoms with Gasteiger partial charge in [0.25, 0.3) is 0 Å². The Kier molecular flexibility index (Phi) is 10.2. The molecule has 0 aliphatic heterocycles. The maximum atomic E-state index is 11.4. The topological polar surface area (TPSA) is 50.4 Å². The number of ether oxygens (including phenoxy) is 1. The van der Waals surface area contributed by atoms with Crippen molar-refractivity contribution in [1.29, 1.82) is 0 Å². The number of carbonyl (C=O) groups is 1. The second-order valence-corrected chi connectivity index (χ2v) is 4.25. The molecule has 0 aromatic rings. The summed E-state index contributed by atoms with van der Waals surface area (Å²) in [4.78, 5) is 11.4. The standard InChI is InChI=1S/C10H22N2O2.ClH/c1-10(2,3)9(13)12-6-5-11-7-8-14-4;/h11H,5-8H2,1-4H3,(H,12,13);1H. The first-order valence-corrected chi connectivity index (χ1v) is 4.96. The van der Waals surface area contributed by atoms with Gasteiger partial charge in [0, 0.05) is 32.2 Å². The summed E-state index contributed by atoms with van der Waals surface area (Å²) in [5.74, 6) is 0.0889. The van der Waals surface area contributed by atoms with Crippen molar-refractivity contribution in [3.63, 3.8) is 0 Å². The van der Waals surface area contributed by atoms with Crippen LogP contribution in [0.4, 0.5) is 0 Å². The fourth-order valence-corrected chi connectivity index (χ4v) is 0.829. The smallest absolute Gasteiger partial charge is 0.225 e. The first kappa shape index (κ1) is 17.1. The van der Waals surface area contributed by atoms with Crippen LogP contribution in [0.3, 0.4) is 0 Å². The lowest BCUT2D eigenvalue weighted by Gasteiger charge is -2.17. The monoisotopic (exact) mass is 238 g/mol. The van der Waals surface area contributed by atoms with Crippen molar-refractivity contribution in [2.75, 3.05) is 33.4 Å². The predicted octanol–water partition coefficient (Wildman–Crippen LogP) is 0.806. The Bertz CT molecular complexity index is 169. The van der Waals surface area contributed by atoms with Crippen LogP contribution in [0, 0.1) is 5.41 Å². The molecule has 0 aromatic heterocycles. The number of rotatable bonds is 6. The molecule has 92 valence electrons. The molecule has 0 aromatic carbocycles. The lowest BCUT2D eigenvalue weighted by molar-refractivity contribution is -0.128. The minimum atomic E-state index is -0.299. The highest BCUT2D eigenvalue weighted by atomic mass is 35.5. The van der Waals surface area contributed by atoms with Crippen LogP contribution < -0.4 is 10.6 Å². The number of halogens is 1. The Morgan fingerprint density at radius 2 is 1.80 bits per heavy atom. The van der Waals surface area contributed by atoms with Gasteiger partial charge in [0.05, 0.1) is 6.61 Å². The zero-order valence-electron chi connectivity index (χ0n) is 10.1. The Morgan fingerprint density at radius 1 is 1.20 bits per heavy atom. The van der Waals surface area contributed by atoms with Crippen molar-refractivity contribution in [3.8, 4) is 0 Å². The van der Waals surface area contributed by atoms with Gasteiger partial charge in [-0.15, -0.1) is 12.4 Å². The van der Waals surface area contributed by atoms with Crippen LogP contribution in [0.5, 0.6) is 0 Å². The van der Waals surface area contributed by atoms with Gasteiger partial charge in [0.1, 0.15) is 0 Å². The van der Waals surface area contributed by atoms with Gasteiger partial charge in [0.15, 0.2) is 0 Å². The lowest BCUT2D eigenvalue weighted by Crippen LogP contribution is -2.39. The van der Waals surface area contributed by atoms with E-state index in [1.54, 1.807) is 7.11 Å². The van der Waals surface area contributed by atoms with Crippen molar-refractivity contribution in [2.45, 2.75) is 20.8 Å². The summed E-state index contributed by atoms with van der Waals surface area (Å²) in [5, 5.41) is 6.01. The molecule has 15 heavy (non-hydrogen) atoms. The van der Waals surface area contributed by atoms with Crippen molar-refractivity contribution in [2.24, 2.45) is 5.41 Å². The summed E-state index contributed by atoms with van der Waals surface area (Å²) in [5.41, 5.74) is -0.299. The van der Waals surface area contributed by atoms with E-state index in [0.29, 0.717) is 13.2 Å². The minimum absolute atomic E-state index is 0. The summed E-state index contributed by atoms with van der Waals surface area (Å²) >= 11 is 0. The van der Waals surface area contributed by atoms with Gasteiger partial charge in [-0.2, -0.15) is 0 Å². The van der Waals surface area contributed by atoms with Gasteiger partial charge < -0.3 is 15.4 Å². The molecule has 5 heteroatoms. The molecular formula is C10H23ClN2O2. The van der Waals surface area contributed by atoms with E-state index in [9.17, 15) is 4.79 Å². The van der Waals surface area contributed by atoms with E-state index < -0.39 is 0 Å². The molecule has 0 unspecified atom stereocenters. The SMILES string of the molecule is COCCNCCNC(=O)C(C)(C)C.Cl. The van der Waals surface area contributed by atoms with E-state index in [0.717, 1.165) is 13.1 Å². The van der Waals surface area contributed by atoms with Crippen LogP contribution in [-0.2, 0) is 9.53 Å². The third kappa shape index (κ3) is 9.97. The van der Waals surface area contributed by atoms with Crippen LogP contribution >= 0.6 is 12.4 Å². The number of hydrogen-bond donors (Lipinski definition) is 2. The van der Waals surface area contributed by atoms with E-state index in [1.807, 2.05) is 20.8 Å². The first-order chi connectivity index (χ1) is 6.48. The number of carbonyl (C=O) groups excluding carboxylic acids is 1. The molecule has 0 bridgehead atoms. The van der Waals surface area contributed by atoms with E-state index in [2.05, 4.69) is 10.6 Å². The molecule has 4 nitrogen and oxygen atoms in total. The first-order valence-electron chi connectivity index (χ1n) is 4.96. The van der Waals surface area contributed by atoms with Gasteiger partial charge in [-0.3, -0.25) is 4.79 Å². The molecule has 0 atom stereocenters. The molecule has 1 amide bonds. The largest absolute Gasteiger partial charge is 0.383 e. The number of methoxy groups -OCH3 is 1. The summed E-state index contributed by atoms with van der Waals surface area (Å²) in [6, 6.07) is 0. The number of amides is 1. The Morgan fingerprint density at radius 3 is 2.27 bits per heavy atom. The highest BCUT2D eigenvalue weighted by molar-refractivity contribution is 5.85. The van der Waals surface area contributed by atoms with E-state index in [4.69, 9.17) is 4.74 Å². The summed E-state index contributed by atoms with van der Waals surface area (Å²) in [6.45, 7) is 8.68. The molecule has 0 spiro atoms. The molecule has 0 saturated heterocycles. The quantitative estimate of drug-likeness (QED) is 0.674. The van der Waals surface area contributed by atoms with Crippen LogP contribution in [-0.4, -0.2) is 39.3 Å². The molecular weight excluding hydrogens is 216 g/mol. The van der Waals surface area contributed by atoms with Crippen molar-refractivity contribution in [1.82, 2.24) is 10.6 Å². The van der Waals surface area contributed by atoms with Gasteiger partial charge in [-0.1, -0.05) is 20.8 Å². The highest BCUT2D eigenvalue weighted by Gasteiger charge is 2.19. The van der Waals surface area contributed by atoms with Gasteiger partial charge in [0.2, 0.25) is 5.91 Å². The van der Waals surface area contributed by atoms with Crippen LogP contribution in [0.25, 0.3) is 0 Å². The average Bonchev–Trinajstić information content (AvgIpc) is 2.09.